The van der Waals surface area contributed by atoms with E-state index >= 15 is 0 Å². The fourth-order valence-corrected chi connectivity index (χ4v) is 1.95. The Morgan fingerprint density at radius 1 is 1.14 bits per heavy atom. The van der Waals surface area contributed by atoms with Gasteiger partial charge in [-0.2, -0.15) is 0 Å². The fraction of sp³-hybridized carbons (Fsp3) is 0.125. The molecule has 5 heteroatoms. The lowest BCUT2D eigenvalue weighted by molar-refractivity contribution is -0.425. The monoisotopic (exact) mass is 289 g/mol. The molecular formula is C16H13F2NO2. The number of benzene rings is 2. The van der Waals surface area contributed by atoms with E-state index in [2.05, 4.69) is 0 Å². The molecule has 0 fully saturated rings. The van der Waals surface area contributed by atoms with Crippen LogP contribution in [0, 0.1) is 10.1 Å². The highest BCUT2D eigenvalue weighted by molar-refractivity contribution is 5.53. The van der Waals surface area contributed by atoms with Crippen LogP contribution < -0.4 is 0 Å². The summed E-state index contributed by atoms with van der Waals surface area (Å²) in [7, 11) is 0. The van der Waals surface area contributed by atoms with Gasteiger partial charge in [-0.1, -0.05) is 48.5 Å². The molecule has 0 aromatic heterocycles. The quantitative estimate of drug-likeness (QED) is 0.601. The second kappa shape index (κ2) is 6.74. The first-order chi connectivity index (χ1) is 10.1. The molecule has 0 N–H and O–H groups in total. The van der Waals surface area contributed by atoms with Crippen molar-refractivity contribution in [2.45, 2.75) is 12.8 Å². The molecule has 2 aromatic rings. The molecule has 0 atom stereocenters. The van der Waals surface area contributed by atoms with Gasteiger partial charge in [0.05, 0.1) is 11.3 Å². The van der Waals surface area contributed by atoms with Crippen molar-refractivity contribution in [2.75, 3.05) is 0 Å². The summed E-state index contributed by atoms with van der Waals surface area (Å²) in [6, 6.07) is 14.6. The number of rotatable bonds is 5. The van der Waals surface area contributed by atoms with Gasteiger partial charge in [-0.05, 0) is 17.2 Å². The Morgan fingerprint density at radius 3 is 2.48 bits per heavy atom. The molecule has 108 valence electrons. The Bertz CT molecular complexity index is 654. The van der Waals surface area contributed by atoms with Gasteiger partial charge in [-0.25, -0.2) is 8.78 Å². The minimum absolute atomic E-state index is 0.0346. The summed E-state index contributed by atoms with van der Waals surface area (Å²) in [6.45, 7) is 0. The molecule has 0 saturated heterocycles. The van der Waals surface area contributed by atoms with Crippen LogP contribution in [0.1, 0.15) is 23.1 Å². The molecule has 0 radical (unpaired) electrons. The van der Waals surface area contributed by atoms with E-state index in [0.29, 0.717) is 5.56 Å². The molecule has 0 aliphatic rings. The van der Waals surface area contributed by atoms with E-state index in [9.17, 15) is 18.9 Å². The molecule has 0 saturated carbocycles. The van der Waals surface area contributed by atoms with Gasteiger partial charge in [0.1, 0.15) is 0 Å². The molecule has 0 heterocycles. The Hall–Kier alpha value is -2.56. The van der Waals surface area contributed by atoms with E-state index in [-0.39, 0.29) is 17.7 Å². The largest absolute Gasteiger partial charge is 0.263 e. The van der Waals surface area contributed by atoms with Crippen LogP contribution in [-0.4, -0.2) is 4.92 Å². The smallest absolute Gasteiger partial charge is 0.259 e. The lowest BCUT2D eigenvalue weighted by Gasteiger charge is -2.02. The van der Waals surface area contributed by atoms with Crippen molar-refractivity contribution in [1.82, 2.24) is 0 Å². The highest BCUT2D eigenvalue weighted by Crippen LogP contribution is 2.21. The van der Waals surface area contributed by atoms with Crippen molar-refractivity contribution in [3.63, 3.8) is 0 Å². The first-order valence-electron chi connectivity index (χ1n) is 6.33. The number of hydrogen-bond donors (Lipinski definition) is 0. The highest BCUT2D eigenvalue weighted by Gasteiger charge is 2.13. The number of allylic oxidation sites excluding steroid dienone is 1. The van der Waals surface area contributed by atoms with E-state index in [4.69, 9.17) is 0 Å². The number of nitrogens with zero attached hydrogens (tertiary/aromatic N) is 1. The number of halogens is 2. The lowest BCUT2D eigenvalue weighted by Crippen LogP contribution is -2.02. The van der Waals surface area contributed by atoms with E-state index < -0.39 is 11.3 Å². The number of alkyl halides is 2. The van der Waals surface area contributed by atoms with E-state index in [1.807, 2.05) is 6.07 Å². The molecule has 0 aliphatic carbocycles. The zero-order chi connectivity index (χ0) is 15.2. The number of nitro groups is 1. The first-order valence-corrected chi connectivity index (χ1v) is 6.33. The van der Waals surface area contributed by atoms with Crippen molar-refractivity contribution in [1.29, 1.82) is 0 Å². The van der Waals surface area contributed by atoms with E-state index in [1.54, 1.807) is 30.3 Å². The van der Waals surface area contributed by atoms with Crippen LogP contribution in [0.25, 0.3) is 6.08 Å². The lowest BCUT2D eigenvalue weighted by atomic mass is 10.1. The Morgan fingerprint density at radius 2 is 1.86 bits per heavy atom. The Balaban J connectivity index is 2.29. The summed E-state index contributed by atoms with van der Waals surface area (Å²) in [5.74, 6) is 0. The molecule has 0 bridgehead atoms. The van der Waals surface area contributed by atoms with Crippen molar-refractivity contribution in [3.8, 4) is 0 Å². The maximum Gasteiger partial charge on any atom is 0.263 e. The van der Waals surface area contributed by atoms with Crippen molar-refractivity contribution in [3.05, 3.63) is 87.1 Å². The van der Waals surface area contributed by atoms with Crippen molar-refractivity contribution < 1.29 is 13.7 Å². The number of hydrogen-bond acceptors (Lipinski definition) is 2. The van der Waals surface area contributed by atoms with Gasteiger partial charge in [0.15, 0.2) is 0 Å². The van der Waals surface area contributed by atoms with Crippen LogP contribution in [0.2, 0.25) is 0 Å². The summed E-state index contributed by atoms with van der Waals surface area (Å²) in [5.41, 5.74) is 1.01. The minimum Gasteiger partial charge on any atom is -0.259 e. The minimum atomic E-state index is -2.59. The van der Waals surface area contributed by atoms with Crippen LogP contribution in [0.5, 0.6) is 0 Å². The van der Waals surface area contributed by atoms with Gasteiger partial charge in [0, 0.05) is 11.6 Å². The van der Waals surface area contributed by atoms with Crippen LogP contribution in [-0.2, 0) is 6.42 Å². The SMILES string of the molecule is O=[N+]([O-])/C(=C/c1cccc(C(F)F)c1)Cc1ccccc1. The molecule has 21 heavy (non-hydrogen) atoms. The molecule has 2 rings (SSSR count). The first kappa shape index (κ1) is 14.8. The molecule has 0 unspecified atom stereocenters. The average Bonchev–Trinajstić information content (AvgIpc) is 2.48. The maximum atomic E-state index is 12.6. The Labute approximate surface area is 120 Å². The summed E-state index contributed by atoms with van der Waals surface area (Å²) in [6.07, 6.45) is -1.11. The zero-order valence-corrected chi connectivity index (χ0v) is 11.1. The molecule has 0 amide bonds. The Kier molecular flexibility index (Phi) is 4.77. The van der Waals surface area contributed by atoms with Crippen molar-refractivity contribution >= 4 is 6.08 Å². The van der Waals surface area contributed by atoms with Gasteiger partial charge in [-0.15, -0.1) is 0 Å². The van der Waals surface area contributed by atoms with Crippen LogP contribution in [0.3, 0.4) is 0 Å². The predicted molar refractivity (Wildman–Crippen MR) is 76.5 cm³/mol. The summed E-state index contributed by atoms with van der Waals surface area (Å²) >= 11 is 0. The van der Waals surface area contributed by atoms with Gasteiger partial charge < -0.3 is 0 Å². The van der Waals surface area contributed by atoms with Gasteiger partial charge in [0.2, 0.25) is 0 Å². The molecule has 2 aromatic carbocycles. The summed E-state index contributed by atoms with van der Waals surface area (Å²) in [4.78, 5) is 10.6. The van der Waals surface area contributed by atoms with Crippen LogP contribution >= 0.6 is 0 Å². The predicted octanol–water partition coefficient (Wildman–Crippen LogP) is 4.48. The van der Waals surface area contributed by atoms with Gasteiger partial charge in [0.25, 0.3) is 12.1 Å². The average molecular weight is 289 g/mol. The third-order valence-corrected chi connectivity index (χ3v) is 2.96. The van der Waals surface area contributed by atoms with Crippen LogP contribution in [0.4, 0.5) is 8.78 Å². The molecule has 0 aliphatic heterocycles. The molecular weight excluding hydrogens is 276 g/mol. The second-order valence-electron chi connectivity index (χ2n) is 4.53. The van der Waals surface area contributed by atoms with E-state index in [0.717, 1.165) is 5.56 Å². The van der Waals surface area contributed by atoms with Crippen LogP contribution in [0.15, 0.2) is 60.3 Å². The highest BCUT2D eigenvalue weighted by atomic mass is 19.3. The normalized spacial score (nSPS) is 11.7. The van der Waals surface area contributed by atoms with Gasteiger partial charge >= 0.3 is 0 Å². The summed E-state index contributed by atoms with van der Waals surface area (Å²) < 4.78 is 25.3. The maximum absolute atomic E-state index is 12.6. The third kappa shape index (κ3) is 4.21. The zero-order valence-electron chi connectivity index (χ0n) is 11.1. The molecule has 0 spiro atoms. The second-order valence-corrected chi connectivity index (χ2v) is 4.53. The van der Waals surface area contributed by atoms with E-state index in [1.165, 1.54) is 24.3 Å². The van der Waals surface area contributed by atoms with Crippen molar-refractivity contribution in [2.24, 2.45) is 0 Å². The molecule has 3 nitrogen and oxygen atoms in total. The topological polar surface area (TPSA) is 43.1 Å². The fourth-order valence-electron chi connectivity index (χ4n) is 1.95. The summed E-state index contributed by atoms with van der Waals surface area (Å²) in [5, 5.41) is 11.1. The third-order valence-electron chi connectivity index (χ3n) is 2.96. The standard InChI is InChI=1S/C16H13F2NO2/c17-16(18)14-8-4-7-13(9-14)11-15(19(20)21)10-12-5-2-1-3-6-12/h1-9,11,16H,10H2/b15-11+. The van der Waals surface area contributed by atoms with Gasteiger partial charge in [-0.3, -0.25) is 10.1 Å².